The minimum Gasteiger partial charge on any atom is -0.478 e. The van der Waals surface area contributed by atoms with E-state index in [1.165, 1.54) is 36.3 Å². The van der Waals surface area contributed by atoms with Crippen molar-refractivity contribution in [1.82, 2.24) is 0 Å². The van der Waals surface area contributed by atoms with Gasteiger partial charge in [0.05, 0.1) is 17.9 Å². The summed E-state index contributed by atoms with van der Waals surface area (Å²) in [5.41, 5.74) is 3.73. The molecule has 0 radical (unpaired) electrons. The van der Waals surface area contributed by atoms with Crippen LogP contribution in [0.1, 0.15) is 50.0 Å². The van der Waals surface area contributed by atoms with Gasteiger partial charge in [0.25, 0.3) is 5.91 Å². The number of methoxy groups -OCH3 is 1. The molecule has 4 aromatic carbocycles. The first-order valence-electron chi connectivity index (χ1n) is 14.1. The predicted molar refractivity (Wildman–Crippen MR) is 180 cm³/mol. The Bertz CT molecular complexity index is 1910. The lowest BCUT2D eigenvalue weighted by molar-refractivity contribution is -0.115. The minimum atomic E-state index is -1.12. The van der Waals surface area contributed by atoms with Gasteiger partial charge in [0.1, 0.15) is 10.6 Å². The molecule has 1 unspecified atom stereocenters. The first kappa shape index (κ1) is 31.5. The quantitative estimate of drug-likeness (QED) is 0.104. The Hall–Kier alpha value is -4.93. The number of fused-ring (bicyclic) bond motifs is 1. The average molecular weight is 639 g/mol. The van der Waals surface area contributed by atoms with Crippen molar-refractivity contribution < 1.29 is 29.0 Å². The van der Waals surface area contributed by atoms with Gasteiger partial charge in [-0.1, -0.05) is 67.1 Å². The number of carbonyl (C=O) groups excluding carboxylic acids is 3. The van der Waals surface area contributed by atoms with Gasteiger partial charge in [0.15, 0.2) is 0 Å². The van der Waals surface area contributed by atoms with Crippen LogP contribution in [0.4, 0.5) is 10.7 Å². The summed E-state index contributed by atoms with van der Waals surface area (Å²) in [4.78, 5) is 52.2. The highest BCUT2D eigenvalue weighted by molar-refractivity contribution is 8.00. The van der Waals surface area contributed by atoms with Crippen molar-refractivity contribution >= 4 is 68.3 Å². The number of hydrogen-bond donors (Lipinski definition) is 3. The van der Waals surface area contributed by atoms with Crippen LogP contribution in [-0.4, -0.2) is 41.2 Å². The normalized spacial score (nSPS) is 11.5. The number of benzene rings is 4. The average Bonchev–Trinajstić information content (AvgIpc) is 3.46. The number of thiophene rings is 1. The lowest BCUT2D eigenvalue weighted by Crippen LogP contribution is -2.25. The molecule has 1 atom stereocenters. The smallest absolute Gasteiger partial charge is 0.341 e. The molecule has 8 nitrogen and oxygen atoms in total. The standard InChI is InChI=1S/C35H30N2O6S2/c1-4-28(32(39)37-33-30(35(42)43-3)27(19-44-33)21-16-14-20(2)15-17-21)45-24-11-7-10-23(18-24)36-31(38)25-12-5-8-22-9-6-13-26(29(22)25)34(40)41/h5-19,28H,4H2,1-3H3,(H,36,38)(H,37,39)(H,40,41). The number of thioether (sulfide) groups is 1. The molecule has 5 aromatic rings. The summed E-state index contributed by atoms with van der Waals surface area (Å²) in [5.74, 6) is -2.36. The van der Waals surface area contributed by atoms with Crippen LogP contribution >= 0.6 is 23.1 Å². The highest BCUT2D eigenvalue weighted by Crippen LogP contribution is 2.37. The molecule has 45 heavy (non-hydrogen) atoms. The number of anilines is 2. The van der Waals surface area contributed by atoms with Crippen LogP contribution in [0.5, 0.6) is 0 Å². The van der Waals surface area contributed by atoms with Gasteiger partial charge in [-0.15, -0.1) is 23.1 Å². The van der Waals surface area contributed by atoms with Crippen molar-refractivity contribution in [3.8, 4) is 11.1 Å². The van der Waals surface area contributed by atoms with Crippen molar-refractivity contribution in [1.29, 1.82) is 0 Å². The molecule has 3 N–H and O–H groups in total. The van der Waals surface area contributed by atoms with Gasteiger partial charge in [-0.25, -0.2) is 9.59 Å². The highest BCUT2D eigenvalue weighted by atomic mass is 32.2. The number of aromatic carboxylic acids is 1. The van der Waals surface area contributed by atoms with Gasteiger partial charge in [-0.2, -0.15) is 0 Å². The number of rotatable bonds is 10. The zero-order valence-electron chi connectivity index (χ0n) is 24.7. The molecule has 1 aromatic heterocycles. The SMILES string of the molecule is CCC(Sc1cccc(NC(=O)c2cccc3cccc(C(=O)O)c23)c1)C(=O)Nc1scc(-c2ccc(C)cc2)c1C(=O)OC. The molecule has 0 aliphatic heterocycles. The van der Waals surface area contributed by atoms with Crippen molar-refractivity contribution in [2.24, 2.45) is 0 Å². The zero-order chi connectivity index (χ0) is 32.1. The van der Waals surface area contributed by atoms with Crippen molar-refractivity contribution in [3.05, 3.63) is 113 Å². The number of esters is 1. The predicted octanol–water partition coefficient (Wildman–Crippen LogP) is 8.12. The number of amides is 2. The molecule has 0 bridgehead atoms. The Balaban J connectivity index is 1.34. The van der Waals surface area contributed by atoms with E-state index in [0.717, 1.165) is 16.0 Å². The first-order chi connectivity index (χ1) is 21.7. The van der Waals surface area contributed by atoms with Gasteiger partial charge >= 0.3 is 11.9 Å². The van der Waals surface area contributed by atoms with E-state index in [0.29, 0.717) is 39.0 Å². The third-order valence-electron chi connectivity index (χ3n) is 7.19. The van der Waals surface area contributed by atoms with E-state index in [2.05, 4.69) is 10.6 Å². The maximum absolute atomic E-state index is 13.5. The summed E-state index contributed by atoms with van der Waals surface area (Å²) in [5, 5.41) is 18.3. The van der Waals surface area contributed by atoms with Crippen LogP contribution in [0, 0.1) is 6.92 Å². The molecule has 0 spiro atoms. The molecular formula is C35H30N2O6S2. The third-order valence-corrected chi connectivity index (χ3v) is 9.45. The molecule has 5 rings (SSSR count). The molecule has 0 saturated carbocycles. The summed E-state index contributed by atoms with van der Waals surface area (Å²) in [7, 11) is 1.31. The van der Waals surface area contributed by atoms with Gasteiger partial charge in [-0.3, -0.25) is 9.59 Å². The molecule has 0 saturated heterocycles. The fourth-order valence-corrected chi connectivity index (χ4v) is 6.91. The van der Waals surface area contributed by atoms with Gasteiger partial charge in [-0.05, 0) is 54.6 Å². The maximum atomic E-state index is 13.5. The first-order valence-corrected chi connectivity index (χ1v) is 15.9. The second-order valence-corrected chi connectivity index (χ2v) is 12.4. The summed E-state index contributed by atoms with van der Waals surface area (Å²) in [6.45, 7) is 3.88. The van der Waals surface area contributed by atoms with Crippen LogP contribution in [0.25, 0.3) is 21.9 Å². The number of carbonyl (C=O) groups is 4. The van der Waals surface area contributed by atoms with Crippen LogP contribution in [0.3, 0.4) is 0 Å². The molecule has 10 heteroatoms. The van der Waals surface area contributed by atoms with Crippen LogP contribution in [0.2, 0.25) is 0 Å². The highest BCUT2D eigenvalue weighted by Gasteiger charge is 2.25. The number of aryl methyl sites for hydroxylation is 1. The van der Waals surface area contributed by atoms with E-state index in [1.807, 2.05) is 49.6 Å². The maximum Gasteiger partial charge on any atom is 0.341 e. The van der Waals surface area contributed by atoms with Gasteiger partial charge < -0.3 is 20.5 Å². The summed E-state index contributed by atoms with van der Waals surface area (Å²) < 4.78 is 5.05. The molecule has 2 amide bonds. The molecule has 228 valence electrons. The van der Waals surface area contributed by atoms with E-state index in [4.69, 9.17) is 4.74 Å². The Labute approximate surface area is 268 Å². The molecule has 0 aliphatic carbocycles. The minimum absolute atomic E-state index is 0.0476. The van der Waals surface area contributed by atoms with E-state index in [1.54, 1.807) is 48.5 Å². The Morgan fingerprint density at radius 1 is 0.911 bits per heavy atom. The van der Waals surface area contributed by atoms with E-state index in [9.17, 15) is 24.3 Å². The Kier molecular flexibility index (Phi) is 9.65. The van der Waals surface area contributed by atoms with Crippen LogP contribution in [0.15, 0.2) is 95.2 Å². The lowest BCUT2D eigenvalue weighted by atomic mass is 9.98. The molecule has 0 fully saturated rings. The molecule has 1 heterocycles. The molecular weight excluding hydrogens is 609 g/mol. The second kappa shape index (κ2) is 13.8. The number of carboxylic acids is 1. The summed E-state index contributed by atoms with van der Waals surface area (Å²) in [6.07, 6.45) is 0.505. The van der Waals surface area contributed by atoms with Crippen LogP contribution < -0.4 is 10.6 Å². The largest absolute Gasteiger partial charge is 0.478 e. The summed E-state index contributed by atoms with van der Waals surface area (Å²) >= 11 is 2.60. The number of nitrogens with one attached hydrogen (secondary N) is 2. The van der Waals surface area contributed by atoms with Crippen LogP contribution in [-0.2, 0) is 9.53 Å². The zero-order valence-corrected chi connectivity index (χ0v) is 26.4. The monoisotopic (exact) mass is 638 g/mol. The Morgan fingerprint density at radius 3 is 2.27 bits per heavy atom. The van der Waals surface area contributed by atoms with E-state index >= 15 is 0 Å². The fraction of sp³-hybridized carbons (Fsp3) is 0.143. The van der Waals surface area contributed by atoms with E-state index < -0.39 is 23.1 Å². The third kappa shape index (κ3) is 6.92. The van der Waals surface area contributed by atoms with Crippen molar-refractivity contribution in [2.45, 2.75) is 30.4 Å². The lowest BCUT2D eigenvalue weighted by Gasteiger charge is -2.16. The second-order valence-electron chi connectivity index (χ2n) is 10.2. The number of ether oxygens (including phenoxy) is 1. The van der Waals surface area contributed by atoms with Gasteiger partial charge in [0, 0.05) is 32.5 Å². The molecule has 0 aliphatic rings. The van der Waals surface area contributed by atoms with Crippen molar-refractivity contribution in [3.63, 3.8) is 0 Å². The number of hydrogen-bond acceptors (Lipinski definition) is 7. The fourth-order valence-electron chi connectivity index (χ4n) is 4.93. The van der Waals surface area contributed by atoms with Gasteiger partial charge in [0.2, 0.25) is 5.91 Å². The van der Waals surface area contributed by atoms with E-state index in [-0.39, 0.29) is 17.0 Å². The Morgan fingerprint density at radius 2 is 1.60 bits per heavy atom. The topological polar surface area (TPSA) is 122 Å². The van der Waals surface area contributed by atoms with Crippen molar-refractivity contribution in [2.75, 3.05) is 17.7 Å². The summed E-state index contributed by atoms with van der Waals surface area (Å²) in [6, 6.07) is 24.8. The number of carboxylic acid groups (broad SMARTS) is 1.